The molecule has 0 saturated heterocycles. The Balaban J connectivity index is 3.21. The second-order valence-corrected chi connectivity index (χ2v) is 3.06. The van der Waals surface area contributed by atoms with E-state index in [1.54, 1.807) is 0 Å². The maximum atomic E-state index is 8.22. The highest BCUT2D eigenvalue weighted by molar-refractivity contribution is 5.79. The molecule has 0 saturated carbocycles. The van der Waals surface area contributed by atoms with Crippen molar-refractivity contribution in [1.82, 2.24) is 5.32 Å². The van der Waals surface area contributed by atoms with Gasteiger partial charge in [-0.25, -0.2) is 0 Å². The van der Waals surface area contributed by atoms with Crippen molar-refractivity contribution in [1.29, 1.82) is 0 Å². The van der Waals surface area contributed by atoms with Crippen LogP contribution in [0.1, 0.15) is 26.7 Å². The van der Waals surface area contributed by atoms with Gasteiger partial charge < -0.3 is 16.3 Å². The van der Waals surface area contributed by atoms with Gasteiger partial charge >= 0.3 is 0 Å². The van der Waals surface area contributed by atoms with Crippen LogP contribution in [0.25, 0.3) is 0 Å². The fourth-order valence-electron chi connectivity index (χ4n) is 0.759. The minimum Gasteiger partial charge on any atom is -0.409 e. The van der Waals surface area contributed by atoms with Crippen LogP contribution in [0.3, 0.4) is 0 Å². The summed E-state index contributed by atoms with van der Waals surface area (Å²) < 4.78 is 0. The number of hydrogen-bond acceptors (Lipinski definition) is 3. The first-order chi connectivity index (χ1) is 5.70. The largest absolute Gasteiger partial charge is 0.409 e. The lowest BCUT2D eigenvalue weighted by molar-refractivity contribution is 0.316. The Morgan fingerprint density at radius 2 is 2.33 bits per heavy atom. The molecule has 0 spiro atoms. The molecule has 1 atom stereocenters. The van der Waals surface area contributed by atoms with Gasteiger partial charge in [0.05, 0.1) is 0 Å². The number of nitrogens with one attached hydrogen (secondary N) is 1. The minimum absolute atomic E-state index is 0.284. The topological polar surface area (TPSA) is 70.6 Å². The van der Waals surface area contributed by atoms with E-state index in [0.717, 1.165) is 13.1 Å². The molecule has 0 aromatic heterocycles. The van der Waals surface area contributed by atoms with Gasteiger partial charge in [0.15, 0.2) is 0 Å². The molecule has 0 fully saturated rings. The fraction of sp³-hybridized carbons (Fsp3) is 0.875. The van der Waals surface area contributed by atoms with Gasteiger partial charge in [0, 0.05) is 13.0 Å². The Morgan fingerprint density at radius 1 is 1.67 bits per heavy atom. The number of nitrogens with two attached hydrogens (primary N) is 1. The normalized spacial score (nSPS) is 14.7. The van der Waals surface area contributed by atoms with Gasteiger partial charge in [0.25, 0.3) is 0 Å². The molecule has 4 heteroatoms. The second kappa shape index (κ2) is 6.91. The molecule has 0 aliphatic rings. The first-order valence-electron chi connectivity index (χ1n) is 4.37. The van der Waals surface area contributed by atoms with Crippen LogP contribution >= 0.6 is 0 Å². The molecular weight excluding hydrogens is 154 g/mol. The molecule has 0 aromatic carbocycles. The SMILES string of the molecule is CCC(C)CNCCC(N)=NO. The van der Waals surface area contributed by atoms with Crippen LogP contribution in [0.5, 0.6) is 0 Å². The average Bonchev–Trinajstić information content (AvgIpc) is 2.11. The molecule has 0 amide bonds. The van der Waals surface area contributed by atoms with E-state index in [2.05, 4.69) is 24.3 Å². The highest BCUT2D eigenvalue weighted by Gasteiger charge is 1.97. The van der Waals surface area contributed by atoms with Crippen molar-refractivity contribution in [3.05, 3.63) is 0 Å². The lowest BCUT2D eigenvalue weighted by Crippen LogP contribution is -2.25. The molecule has 0 aliphatic heterocycles. The summed E-state index contributed by atoms with van der Waals surface area (Å²) in [6, 6.07) is 0. The smallest absolute Gasteiger partial charge is 0.140 e. The summed E-state index contributed by atoms with van der Waals surface area (Å²) in [5.74, 6) is 0.976. The van der Waals surface area contributed by atoms with E-state index in [0.29, 0.717) is 12.3 Å². The third-order valence-electron chi connectivity index (χ3n) is 1.88. The van der Waals surface area contributed by atoms with E-state index in [4.69, 9.17) is 10.9 Å². The van der Waals surface area contributed by atoms with Crippen LogP contribution in [0.2, 0.25) is 0 Å². The number of hydrogen-bond donors (Lipinski definition) is 3. The highest BCUT2D eigenvalue weighted by Crippen LogP contribution is 1.96. The van der Waals surface area contributed by atoms with E-state index in [1.807, 2.05) is 0 Å². The van der Waals surface area contributed by atoms with Gasteiger partial charge in [-0.05, 0) is 12.5 Å². The Hall–Kier alpha value is -0.770. The predicted molar refractivity (Wildman–Crippen MR) is 50.4 cm³/mol. The van der Waals surface area contributed by atoms with E-state index in [-0.39, 0.29) is 5.84 Å². The molecule has 72 valence electrons. The molecule has 0 heterocycles. The van der Waals surface area contributed by atoms with Crippen molar-refractivity contribution in [2.45, 2.75) is 26.7 Å². The molecule has 0 radical (unpaired) electrons. The molecule has 4 N–H and O–H groups in total. The summed E-state index contributed by atoms with van der Waals surface area (Å²) in [7, 11) is 0. The zero-order valence-corrected chi connectivity index (χ0v) is 7.88. The highest BCUT2D eigenvalue weighted by atomic mass is 16.4. The van der Waals surface area contributed by atoms with E-state index in [9.17, 15) is 0 Å². The van der Waals surface area contributed by atoms with Gasteiger partial charge in [-0.1, -0.05) is 25.4 Å². The predicted octanol–water partition coefficient (Wildman–Crippen LogP) is 0.759. The summed E-state index contributed by atoms with van der Waals surface area (Å²) in [6.45, 7) is 6.13. The third-order valence-corrected chi connectivity index (χ3v) is 1.88. The van der Waals surface area contributed by atoms with Gasteiger partial charge in [-0.15, -0.1) is 0 Å². The van der Waals surface area contributed by atoms with Gasteiger partial charge in [-0.3, -0.25) is 0 Å². The van der Waals surface area contributed by atoms with Crippen molar-refractivity contribution in [3.63, 3.8) is 0 Å². The van der Waals surface area contributed by atoms with Crippen LogP contribution in [-0.2, 0) is 0 Å². The van der Waals surface area contributed by atoms with Crippen LogP contribution in [0.4, 0.5) is 0 Å². The molecule has 0 aromatic rings. The standard InChI is InChI=1S/C8H19N3O/c1-3-7(2)6-10-5-4-8(9)11-12/h7,10,12H,3-6H2,1-2H3,(H2,9,11). The molecule has 4 nitrogen and oxygen atoms in total. The van der Waals surface area contributed by atoms with E-state index >= 15 is 0 Å². The maximum absolute atomic E-state index is 8.22. The van der Waals surface area contributed by atoms with Crippen LogP contribution in [0.15, 0.2) is 5.16 Å². The zero-order chi connectivity index (χ0) is 9.40. The lowest BCUT2D eigenvalue weighted by Gasteiger charge is -2.08. The van der Waals surface area contributed by atoms with Crippen molar-refractivity contribution in [2.75, 3.05) is 13.1 Å². The quantitative estimate of drug-likeness (QED) is 0.182. The van der Waals surface area contributed by atoms with Crippen LogP contribution < -0.4 is 11.1 Å². The van der Waals surface area contributed by atoms with Crippen molar-refractivity contribution < 1.29 is 5.21 Å². The second-order valence-electron chi connectivity index (χ2n) is 3.06. The van der Waals surface area contributed by atoms with Crippen molar-refractivity contribution in [2.24, 2.45) is 16.8 Å². The summed E-state index contributed by atoms with van der Waals surface area (Å²) in [4.78, 5) is 0. The van der Waals surface area contributed by atoms with Crippen LogP contribution in [-0.4, -0.2) is 24.1 Å². The van der Waals surface area contributed by atoms with Gasteiger partial charge in [-0.2, -0.15) is 0 Å². The van der Waals surface area contributed by atoms with Crippen LogP contribution in [0, 0.1) is 5.92 Å². The minimum atomic E-state index is 0.284. The molecule has 0 rings (SSSR count). The lowest BCUT2D eigenvalue weighted by atomic mass is 10.1. The van der Waals surface area contributed by atoms with E-state index in [1.165, 1.54) is 6.42 Å². The van der Waals surface area contributed by atoms with Gasteiger partial charge in [0.2, 0.25) is 0 Å². The molecule has 12 heavy (non-hydrogen) atoms. The molecule has 1 unspecified atom stereocenters. The Morgan fingerprint density at radius 3 is 2.83 bits per heavy atom. The summed E-state index contributed by atoms with van der Waals surface area (Å²) in [5, 5.41) is 14.3. The first kappa shape index (κ1) is 11.2. The third kappa shape index (κ3) is 5.97. The Kier molecular flexibility index (Phi) is 6.47. The average molecular weight is 173 g/mol. The monoisotopic (exact) mass is 173 g/mol. The number of rotatable bonds is 6. The van der Waals surface area contributed by atoms with Crippen molar-refractivity contribution >= 4 is 5.84 Å². The maximum Gasteiger partial charge on any atom is 0.140 e. The summed E-state index contributed by atoms with van der Waals surface area (Å²) >= 11 is 0. The molecular formula is C8H19N3O. The van der Waals surface area contributed by atoms with Crippen molar-refractivity contribution in [3.8, 4) is 0 Å². The summed E-state index contributed by atoms with van der Waals surface area (Å²) in [5.41, 5.74) is 5.28. The number of amidine groups is 1. The van der Waals surface area contributed by atoms with E-state index < -0.39 is 0 Å². The Bertz CT molecular complexity index is 136. The fourth-order valence-corrected chi connectivity index (χ4v) is 0.759. The number of oxime groups is 1. The molecule has 0 bridgehead atoms. The van der Waals surface area contributed by atoms with Gasteiger partial charge in [0.1, 0.15) is 5.84 Å². The molecule has 0 aliphatic carbocycles. The summed E-state index contributed by atoms with van der Waals surface area (Å²) in [6.07, 6.45) is 1.78. The Labute approximate surface area is 73.8 Å². The first-order valence-corrected chi connectivity index (χ1v) is 4.37. The zero-order valence-electron chi connectivity index (χ0n) is 7.88. The number of nitrogens with zero attached hydrogens (tertiary/aromatic N) is 1.